The van der Waals surface area contributed by atoms with Crippen molar-refractivity contribution in [3.05, 3.63) is 53.3 Å². The highest BCUT2D eigenvalue weighted by molar-refractivity contribution is 6.29. The van der Waals surface area contributed by atoms with Gasteiger partial charge in [0.1, 0.15) is 10.9 Å². The molecule has 0 fully saturated rings. The monoisotopic (exact) mass is 358 g/mol. The maximum Gasteiger partial charge on any atom is 0.573 e. The van der Waals surface area contributed by atoms with E-state index in [1.165, 1.54) is 24.3 Å². The quantitative estimate of drug-likeness (QED) is 0.486. The summed E-state index contributed by atoms with van der Waals surface area (Å²) in [5.41, 5.74) is 7.19. The van der Waals surface area contributed by atoms with Crippen LogP contribution < -0.4 is 15.8 Å². The van der Waals surface area contributed by atoms with Crippen molar-refractivity contribution in [1.29, 1.82) is 0 Å². The molecule has 2 aromatic rings. The van der Waals surface area contributed by atoms with Gasteiger partial charge in [0.15, 0.2) is 5.96 Å². The van der Waals surface area contributed by atoms with E-state index in [-0.39, 0.29) is 11.7 Å². The second-order valence-electron chi connectivity index (χ2n) is 4.70. The van der Waals surface area contributed by atoms with Gasteiger partial charge in [-0.3, -0.25) is 4.99 Å². The summed E-state index contributed by atoms with van der Waals surface area (Å²) in [6.45, 7) is 0.428. The van der Waals surface area contributed by atoms with Gasteiger partial charge in [0.05, 0.1) is 0 Å². The molecule has 0 amide bonds. The molecule has 0 aliphatic carbocycles. The summed E-state index contributed by atoms with van der Waals surface area (Å²) in [5.74, 6) is -0.153. The molecule has 0 radical (unpaired) electrons. The van der Waals surface area contributed by atoms with E-state index in [2.05, 4.69) is 20.0 Å². The maximum atomic E-state index is 12.1. The first-order valence-corrected chi connectivity index (χ1v) is 7.23. The van der Waals surface area contributed by atoms with E-state index in [1.54, 1.807) is 12.3 Å². The van der Waals surface area contributed by atoms with Crippen LogP contribution in [0.2, 0.25) is 5.15 Å². The largest absolute Gasteiger partial charge is 0.573 e. The van der Waals surface area contributed by atoms with Crippen molar-refractivity contribution in [2.24, 2.45) is 10.7 Å². The van der Waals surface area contributed by atoms with Crippen LogP contribution in [0.15, 0.2) is 47.6 Å². The zero-order valence-electron chi connectivity index (χ0n) is 12.3. The Morgan fingerprint density at radius 1 is 1.21 bits per heavy atom. The number of nitrogens with one attached hydrogen (secondary N) is 1. The van der Waals surface area contributed by atoms with E-state index in [4.69, 9.17) is 17.3 Å². The van der Waals surface area contributed by atoms with Crippen molar-refractivity contribution in [3.8, 4) is 5.75 Å². The lowest BCUT2D eigenvalue weighted by molar-refractivity contribution is -0.274. The van der Waals surface area contributed by atoms with Gasteiger partial charge in [0.2, 0.25) is 0 Å². The molecule has 0 bridgehead atoms. The first kappa shape index (κ1) is 17.9. The van der Waals surface area contributed by atoms with Gasteiger partial charge < -0.3 is 15.8 Å². The number of rotatable bonds is 5. The lowest BCUT2D eigenvalue weighted by Crippen LogP contribution is -2.23. The number of aromatic nitrogens is 1. The Bertz CT molecular complexity index is 687. The molecule has 1 heterocycles. The Balaban J connectivity index is 1.84. The van der Waals surface area contributed by atoms with E-state index >= 15 is 0 Å². The average Bonchev–Trinajstić information content (AvgIpc) is 2.50. The summed E-state index contributed by atoms with van der Waals surface area (Å²) in [7, 11) is 0. The number of aliphatic imine (C=N–C) groups is 1. The Kier molecular flexibility index (Phi) is 5.86. The summed E-state index contributed by atoms with van der Waals surface area (Å²) >= 11 is 5.69. The highest BCUT2D eigenvalue weighted by Crippen LogP contribution is 2.23. The van der Waals surface area contributed by atoms with Gasteiger partial charge in [-0.2, -0.15) is 0 Å². The van der Waals surface area contributed by atoms with Crippen LogP contribution in [-0.2, 0) is 6.42 Å². The third kappa shape index (κ3) is 6.33. The molecule has 1 aromatic carbocycles. The Hall–Kier alpha value is -2.48. The molecular formula is C15H14ClF3N4O. The number of halogens is 4. The number of hydrogen-bond donors (Lipinski definition) is 2. The topological polar surface area (TPSA) is 72.5 Å². The molecule has 0 saturated heterocycles. The summed E-state index contributed by atoms with van der Waals surface area (Å²) in [4.78, 5) is 8.09. The molecule has 0 aliphatic heterocycles. The summed E-state index contributed by atoms with van der Waals surface area (Å²) in [6.07, 6.45) is -2.43. The lowest BCUT2D eigenvalue weighted by atomic mass is 10.2. The van der Waals surface area contributed by atoms with Crippen LogP contribution in [0.1, 0.15) is 5.56 Å². The third-order valence-corrected chi connectivity index (χ3v) is 3.06. The summed E-state index contributed by atoms with van der Waals surface area (Å²) in [5, 5.41) is 3.20. The van der Waals surface area contributed by atoms with Crippen LogP contribution in [-0.4, -0.2) is 23.9 Å². The zero-order chi connectivity index (χ0) is 17.6. The van der Waals surface area contributed by atoms with Gasteiger partial charge in [-0.25, -0.2) is 4.98 Å². The number of nitrogens with zero attached hydrogens (tertiary/aromatic N) is 2. The van der Waals surface area contributed by atoms with Crippen molar-refractivity contribution in [2.75, 3.05) is 11.9 Å². The second kappa shape index (κ2) is 7.87. The van der Waals surface area contributed by atoms with Crippen molar-refractivity contribution < 1.29 is 17.9 Å². The molecule has 9 heteroatoms. The SMILES string of the molecule is NC(=NCCc1ccc(Cl)nc1)Nc1ccc(OC(F)(F)F)cc1. The van der Waals surface area contributed by atoms with E-state index in [0.717, 1.165) is 5.56 Å². The predicted molar refractivity (Wildman–Crippen MR) is 86.2 cm³/mol. The van der Waals surface area contributed by atoms with Crippen LogP contribution in [0, 0.1) is 0 Å². The van der Waals surface area contributed by atoms with Crippen molar-refractivity contribution in [3.63, 3.8) is 0 Å². The number of nitrogens with two attached hydrogens (primary N) is 1. The average molecular weight is 359 g/mol. The first-order valence-electron chi connectivity index (χ1n) is 6.85. The molecular weight excluding hydrogens is 345 g/mol. The van der Waals surface area contributed by atoms with Crippen LogP contribution in [0.25, 0.3) is 0 Å². The number of pyridine rings is 1. The van der Waals surface area contributed by atoms with Gasteiger partial charge in [0, 0.05) is 18.4 Å². The standard InChI is InChI=1S/C15H14ClF3N4O/c16-13-6-1-10(9-22-13)7-8-21-14(20)23-11-2-4-12(5-3-11)24-15(17,18)19/h1-6,9H,7-8H2,(H3,20,21,23). The first-order chi connectivity index (χ1) is 11.3. The minimum atomic E-state index is -4.72. The van der Waals surface area contributed by atoms with E-state index in [1.807, 2.05) is 6.07 Å². The number of guanidine groups is 1. The van der Waals surface area contributed by atoms with Crippen LogP contribution in [0.4, 0.5) is 18.9 Å². The van der Waals surface area contributed by atoms with Crippen LogP contribution in [0.3, 0.4) is 0 Å². The smallest absolute Gasteiger partial charge is 0.406 e. The van der Waals surface area contributed by atoms with Gasteiger partial charge in [-0.15, -0.1) is 13.2 Å². The molecule has 0 saturated carbocycles. The molecule has 128 valence electrons. The predicted octanol–water partition coefficient (Wildman–Crippen LogP) is 3.60. The van der Waals surface area contributed by atoms with Gasteiger partial charge in [0.25, 0.3) is 0 Å². The minimum Gasteiger partial charge on any atom is -0.406 e. The summed E-state index contributed by atoms with van der Waals surface area (Å²) < 4.78 is 40.0. The highest BCUT2D eigenvalue weighted by Gasteiger charge is 2.30. The normalized spacial score (nSPS) is 12.1. The number of benzene rings is 1. The molecule has 0 spiro atoms. The molecule has 2 rings (SSSR count). The molecule has 24 heavy (non-hydrogen) atoms. The highest BCUT2D eigenvalue weighted by atomic mass is 35.5. The third-order valence-electron chi connectivity index (χ3n) is 2.83. The van der Waals surface area contributed by atoms with Gasteiger partial charge >= 0.3 is 6.36 Å². The fourth-order valence-corrected chi connectivity index (χ4v) is 1.90. The minimum absolute atomic E-state index is 0.154. The van der Waals surface area contributed by atoms with Crippen molar-refractivity contribution in [1.82, 2.24) is 4.98 Å². The van der Waals surface area contributed by atoms with Crippen LogP contribution >= 0.6 is 11.6 Å². The van der Waals surface area contributed by atoms with E-state index in [9.17, 15) is 13.2 Å². The van der Waals surface area contributed by atoms with Crippen LogP contribution in [0.5, 0.6) is 5.75 Å². The zero-order valence-corrected chi connectivity index (χ0v) is 13.1. The van der Waals surface area contributed by atoms with E-state index in [0.29, 0.717) is 23.8 Å². The molecule has 0 unspecified atom stereocenters. The molecule has 3 N–H and O–H groups in total. The van der Waals surface area contributed by atoms with E-state index < -0.39 is 6.36 Å². The summed E-state index contributed by atoms with van der Waals surface area (Å²) in [6, 6.07) is 8.71. The number of hydrogen-bond acceptors (Lipinski definition) is 3. The Morgan fingerprint density at radius 3 is 2.50 bits per heavy atom. The van der Waals surface area contributed by atoms with Crippen molar-refractivity contribution in [2.45, 2.75) is 12.8 Å². The second-order valence-corrected chi connectivity index (χ2v) is 5.09. The van der Waals surface area contributed by atoms with Gasteiger partial charge in [-0.05, 0) is 42.3 Å². The number of anilines is 1. The Labute approximate surface area is 141 Å². The molecule has 0 atom stereocenters. The van der Waals surface area contributed by atoms with Gasteiger partial charge in [-0.1, -0.05) is 17.7 Å². The van der Waals surface area contributed by atoms with Crippen molar-refractivity contribution >= 4 is 23.2 Å². The maximum absolute atomic E-state index is 12.1. The molecule has 1 aromatic heterocycles. The lowest BCUT2D eigenvalue weighted by Gasteiger charge is -2.10. The number of ether oxygens (including phenoxy) is 1. The molecule has 0 aliphatic rings. The fourth-order valence-electron chi connectivity index (χ4n) is 1.79. The Morgan fingerprint density at radius 2 is 1.92 bits per heavy atom. The number of alkyl halides is 3. The molecule has 5 nitrogen and oxygen atoms in total. The fraction of sp³-hybridized carbons (Fsp3) is 0.200.